The van der Waals surface area contributed by atoms with Crippen LogP contribution in [0.25, 0.3) is 0 Å². The molecule has 1 aliphatic rings. The second kappa shape index (κ2) is 5.24. The van der Waals surface area contributed by atoms with E-state index < -0.39 is 0 Å². The van der Waals surface area contributed by atoms with Gasteiger partial charge in [-0.2, -0.15) is 0 Å². The summed E-state index contributed by atoms with van der Waals surface area (Å²) in [6, 6.07) is 6.71. The van der Waals surface area contributed by atoms with Crippen LogP contribution < -0.4 is 5.32 Å². The topological polar surface area (TPSA) is 21.3 Å². The molecular formula is C12H16FNO. The van der Waals surface area contributed by atoms with Gasteiger partial charge in [-0.1, -0.05) is 12.1 Å². The number of benzene rings is 1. The van der Waals surface area contributed by atoms with E-state index >= 15 is 0 Å². The van der Waals surface area contributed by atoms with E-state index in [0.29, 0.717) is 5.92 Å². The van der Waals surface area contributed by atoms with E-state index in [1.54, 1.807) is 12.1 Å². The minimum Gasteiger partial charge on any atom is -0.381 e. The lowest BCUT2D eigenvalue weighted by molar-refractivity contribution is 0.185. The molecule has 1 fully saturated rings. The number of hydrogen-bond acceptors (Lipinski definition) is 2. The molecule has 82 valence electrons. The summed E-state index contributed by atoms with van der Waals surface area (Å²) in [6.07, 6.45) is 1.14. The first-order valence-electron chi connectivity index (χ1n) is 5.37. The van der Waals surface area contributed by atoms with Crippen molar-refractivity contribution in [2.45, 2.75) is 13.0 Å². The van der Waals surface area contributed by atoms with Crippen molar-refractivity contribution in [3.05, 3.63) is 35.6 Å². The van der Waals surface area contributed by atoms with Crippen LogP contribution in [0.15, 0.2) is 24.3 Å². The molecule has 1 aromatic rings. The van der Waals surface area contributed by atoms with Gasteiger partial charge in [0.2, 0.25) is 0 Å². The van der Waals surface area contributed by atoms with Gasteiger partial charge >= 0.3 is 0 Å². The fourth-order valence-electron chi connectivity index (χ4n) is 1.81. The molecule has 0 bridgehead atoms. The predicted molar refractivity (Wildman–Crippen MR) is 57.0 cm³/mol. The van der Waals surface area contributed by atoms with Gasteiger partial charge in [-0.25, -0.2) is 4.39 Å². The van der Waals surface area contributed by atoms with Gasteiger partial charge in [0.25, 0.3) is 0 Å². The molecule has 2 nitrogen and oxygen atoms in total. The van der Waals surface area contributed by atoms with Gasteiger partial charge in [-0.3, -0.25) is 0 Å². The highest BCUT2D eigenvalue weighted by Gasteiger charge is 2.14. The van der Waals surface area contributed by atoms with Crippen LogP contribution in [0.3, 0.4) is 0 Å². The first-order valence-corrected chi connectivity index (χ1v) is 5.37. The average Bonchev–Trinajstić information content (AvgIpc) is 2.71. The number of ether oxygens (including phenoxy) is 1. The molecule has 3 heteroatoms. The molecule has 0 spiro atoms. The first kappa shape index (κ1) is 10.6. The SMILES string of the molecule is Fc1cccc(CNCC2CCOC2)c1. The van der Waals surface area contributed by atoms with Crippen molar-refractivity contribution in [2.75, 3.05) is 19.8 Å². The van der Waals surface area contributed by atoms with Gasteiger partial charge < -0.3 is 10.1 Å². The maximum absolute atomic E-state index is 12.8. The molecule has 1 N–H and O–H groups in total. The van der Waals surface area contributed by atoms with Crippen LogP contribution >= 0.6 is 0 Å². The molecular weight excluding hydrogens is 193 g/mol. The van der Waals surface area contributed by atoms with Crippen LogP contribution in [-0.4, -0.2) is 19.8 Å². The fourth-order valence-corrected chi connectivity index (χ4v) is 1.81. The van der Waals surface area contributed by atoms with E-state index in [9.17, 15) is 4.39 Å². The Labute approximate surface area is 89.4 Å². The third-order valence-corrected chi connectivity index (χ3v) is 2.68. The number of halogens is 1. The van der Waals surface area contributed by atoms with Crippen molar-refractivity contribution in [3.63, 3.8) is 0 Å². The van der Waals surface area contributed by atoms with Gasteiger partial charge in [-0.15, -0.1) is 0 Å². The van der Waals surface area contributed by atoms with Crippen molar-refractivity contribution < 1.29 is 9.13 Å². The maximum atomic E-state index is 12.8. The van der Waals surface area contributed by atoms with Gasteiger partial charge in [0, 0.05) is 19.7 Å². The van der Waals surface area contributed by atoms with Crippen LogP contribution in [0.5, 0.6) is 0 Å². The Bertz CT molecular complexity index is 310. The third-order valence-electron chi connectivity index (χ3n) is 2.68. The first-order chi connectivity index (χ1) is 7.34. The monoisotopic (exact) mass is 209 g/mol. The highest BCUT2D eigenvalue weighted by atomic mass is 19.1. The quantitative estimate of drug-likeness (QED) is 0.818. The normalized spacial score (nSPS) is 20.7. The lowest BCUT2D eigenvalue weighted by atomic mass is 10.1. The Kier molecular flexibility index (Phi) is 3.69. The summed E-state index contributed by atoms with van der Waals surface area (Å²) in [5, 5.41) is 3.32. The minimum absolute atomic E-state index is 0.168. The third kappa shape index (κ3) is 3.29. The smallest absolute Gasteiger partial charge is 0.123 e. The molecule has 1 aliphatic heterocycles. The number of hydrogen-bond donors (Lipinski definition) is 1. The van der Waals surface area contributed by atoms with Gasteiger partial charge in [0.05, 0.1) is 6.61 Å². The number of nitrogens with one attached hydrogen (secondary N) is 1. The summed E-state index contributed by atoms with van der Waals surface area (Å²) in [6.45, 7) is 3.42. The molecule has 15 heavy (non-hydrogen) atoms. The van der Waals surface area contributed by atoms with Crippen molar-refractivity contribution in [1.82, 2.24) is 5.32 Å². The van der Waals surface area contributed by atoms with E-state index in [2.05, 4.69) is 5.32 Å². The molecule has 0 saturated carbocycles. The minimum atomic E-state index is -0.168. The van der Waals surface area contributed by atoms with E-state index in [0.717, 1.165) is 38.3 Å². The van der Waals surface area contributed by atoms with Crippen molar-refractivity contribution in [3.8, 4) is 0 Å². The van der Waals surface area contributed by atoms with E-state index in [4.69, 9.17) is 4.74 Å². The summed E-state index contributed by atoms with van der Waals surface area (Å²) in [5.74, 6) is 0.456. The van der Waals surface area contributed by atoms with Crippen LogP contribution in [0.1, 0.15) is 12.0 Å². The second-order valence-electron chi connectivity index (χ2n) is 3.99. The number of rotatable bonds is 4. The molecule has 1 heterocycles. The molecule has 0 aliphatic carbocycles. The Balaban J connectivity index is 1.73. The van der Waals surface area contributed by atoms with E-state index in [1.165, 1.54) is 6.07 Å². The molecule has 1 unspecified atom stereocenters. The van der Waals surface area contributed by atoms with Gasteiger partial charge in [0.1, 0.15) is 5.82 Å². The lowest BCUT2D eigenvalue weighted by Gasteiger charge is -2.09. The second-order valence-corrected chi connectivity index (χ2v) is 3.99. The zero-order valence-corrected chi connectivity index (χ0v) is 8.71. The fraction of sp³-hybridized carbons (Fsp3) is 0.500. The van der Waals surface area contributed by atoms with Crippen LogP contribution in [0.2, 0.25) is 0 Å². The molecule has 1 atom stereocenters. The Hall–Kier alpha value is -0.930. The standard InChI is InChI=1S/C12H16FNO/c13-12-3-1-2-10(6-12)7-14-8-11-4-5-15-9-11/h1-3,6,11,14H,4-5,7-9H2. The summed E-state index contributed by atoms with van der Waals surface area (Å²) < 4.78 is 18.1. The van der Waals surface area contributed by atoms with Crippen LogP contribution in [-0.2, 0) is 11.3 Å². The Morgan fingerprint density at radius 3 is 3.13 bits per heavy atom. The summed E-state index contributed by atoms with van der Waals surface area (Å²) in [5.41, 5.74) is 0.994. The lowest BCUT2D eigenvalue weighted by Crippen LogP contribution is -2.22. The molecule has 2 rings (SSSR count). The zero-order chi connectivity index (χ0) is 10.5. The van der Waals surface area contributed by atoms with Crippen LogP contribution in [0.4, 0.5) is 4.39 Å². The summed E-state index contributed by atoms with van der Waals surface area (Å²) >= 11 is 0. The van der Waals surface area contributed by atoms with Gasteiger partial charge in [-0.05, 0) is 30.0 Å². The largest absolute Gasteiger partial charge is 0.381 e. The van der Waals surface area contributed by atoms with Gasteiger partial charge in [0.15, 0.2) is 0 Å². The maximum Gasteiger partial charge on any atom is 0.123 e. The van der Waals surface area contributed by atoms with Crippen LogP contribution in [0, 0.1) is 11.7 Å². The van der Waals surface area contributed by atoms with Crippen molar-refractivity contribution in [1.29, 1.82) is 0 Å². The zero-order valence-electron chi connectivity index (χ0n) is 8.71. The average molecular weight is 209 g/mol. The molecule has 0 aromatic heterocycles. The molecule has 0 amide bonds. The van der Waals surface area contributed by atoms with E-state index in [-0.39, 0.29) is 5.82 Å². The highest BCUT2D eigenvalue weighted by molar-refractivity contribution is 5.15. The summed E-state index contributed by atoms with van der Waals surface area (Å²) in [4.78, 5) is 0. The highest BCUT2D eigenvalue weighted by Crippen LogP contribution is 2.11. The Morgan fingerprint density at radius 1 is 1.47 bits per heavy atom. The Morgan fingerprint density at radius 2 is 2.40 bits per heavy atom. The molecule has 0 radical (unpaired) electrons. The molecule has 1 saturated heterocycles. The predicted octanol–water partition coefficient (Wildman–Crippen LogP) is 1.95. The molecule has 1 aromatic carbocycles. The summed E-state index contributed by atoms with van der Waals surface area (Å²) in [7, 11) is 0. The van der Waals surface area contributed by atoms with Crippen molar-refractivity contribution in [2.24, 2.45) is 5.92 Å². The van der Waals surface area contributed by atoms with Crippen molar-refractivity contribution >= 4 is 0 Å². The van der Waals surface area contributed by atoms with E-state index in [1.807, 2.05) is 6.07 Å².